The smallest absolute Gasteiger partial charge is 0.0860 e. The van der Waals surface area contributed by atoms with Crippen LogP contribution in [-0.4, -0.2) is 14.6 Å². The zero-order valence-electron chi connectivity index (χ0n) is 12.4. The Bertz CT molecular complexity index is 768. The van der Waals surface area contributed by atoms with Gasteiger partial charge in [0.1, 0.15) is 0 Å². The number of nitrogens with zero attached hydrogens (tertiary/aromatic N) is 3. The molecule has 2 aromatic heterocycles. The van der Waals surface area contributed by atoms with E-state index in [4.69, 9.17) is 5.73 Å². The topological polar surface area (TPSA) is 64.7 Å². The molecule has 108 valence electrons. The van der Waals surface area contributed by atoms with Gasteiger partial charge in [0.15, 0.2) is 0 Å². The van der Waals surface area contributed by atoms with E-state index in [0.29, 0.717) is 0 Å². The number of hydrogen-bond donors (Lipinski definition) is 1. The maximum Gasteiger partial charge on any atom is 0.0860 e. The first-order valence-corrected chi connectivity index (χ1v) is 7.67. The fraction of sp³-hybridized carbons (Fsp3) is 0.312. The van der Waals surface area contributed by atoms with Crippen molar-refractivity contribution in [3.05, 3.63) is 52.8 Å². The summed E-state index contributed by atoms with van der Waals surface area (Å²) in [6.07, 6.45) is 3.66. The first-order valence-electron chi connectivity index (χ1n) is 6.89. The van der Waals surface area contributed by atoms with Crippen LogP contribution in [0.5, 0.6) is 0 Å². The lowest BCUT2D eigenvalue weighted by Gasteiger charge is -2.20. The lowest BCUT2D eigenvalue weighted by molar-refractivity contribution is 0.557. The quantitative estimate of drug-likeness (QED) is 0.787. The highest BCUT2D eigenvalue weighted by atomic mass is 32.1. The monoisotopic (exact) mass is 298 g/mol. The summed E-state index contributed by atoms with van der Waals surface area (Å²) in [5.74, 6) is 0. The molecule has 2 heterocycles. The van der Waals surface area contributed by atoms with Crippen LogP contribution in [0.4, 0.5) is 0 Å². The number of pyridine rings is 1. The summed E-state index contributed by atoms with van der Waals surface area (Å²) in [6, 6.07) is 7.93. The molecule has 0 spiro atoms. The highest BCUT2D eigenvalue weighted by Gasteiger charge is 2.26. The molecule has 0 amide bonds. The molecule has 5 heteroatoms. The van der Waals surface area contributed by atoms with E-state index in [1.54, 1.807) is 6.20 Å². The summed E-state index contributed by atoms with van der Waals surface area (Å²) in [6.45, 7) is 6.40. The maximum absolute atomic E-state index is 6.53. The summed E-state index contributed by atoms with van der Waals surface area (Å²) in [5.41, 5.74) is 8.54. The van der Waals surface area contributed by atoms with Crippen molar-refractivity contribution in [2.24, 2.45) is 5.73 Å². The van der Waals surface area contributed by atoms with Gasteiger partial charge in [-0.15, -0.1) is 5.10 Å². The summed E-state index contributed by atoms with van der Waals surface area (Å²) < 4.78 is 4.11. The van der Waals surface area contributed by atoms with Crippen LogP contribution in [-0.2, 0) is 5.41 Å². The molecular formula is C16H18N4S. The molecule has 0 saturated heterocycles. The first-order chi connectivity index (χ1) is 9.98. The lowest BCUT2D eigenvalue weighted by atomic mass is 9.88. The van der Waals surface area contributed by atoms with Gasteiger partial charge in [0, 0.05) is 23.2 Å². The average Bonchev–Trinajstić information content (AvgIpc) is 2.95. The minimum Gasteiger partial charge on any atom is -0.319 e. The summed E-state index contributed by atoms with van der Waals surface area (Å²) >= 11 is 1.39. The summed E-state index contributed by atoms with van der Waals surface area (Å²) in [4.78, 5) is 5.20. The average molecular weight is 298 g/mol. The molecule has 1 atom stereocenters. The highest BCUT2D eigenvalue weighted by molar-refractivity contribution is 7.05. The summed E-state index contributed by atoms with van der Waals surface area (Å²) in [7, 11) is 0. The Labute approximate surface area is 128 Å². The van der Waals surface area contributed by atoms with E-state index in [-0.39, 0.29) is 11.5 Å². The Morgan fingerprint density at radius 1 is 1.19 bits per heavy atom. The third kappa shape index (κ3) is 2.54. The standard InChI is InChI=1S/C16H18N4S/c1-16(2,3)15-14(21-20-19-15)13(17)12-6-4-5-10-9-18-8-7-11(10)12/h4-9,13H,17H2,1-3H3. The Balaban J connectivity index is 2.14. The molecule has 0 bridgehead atoms. The minimum atomic E-state index is -0.217. The van der Waals surface area contributed by atoms with Gasteiger partial charge in [-0.3, -0.25) is 4.98 Å². The molecular weight excluding hydrogens is 280 g/mol. The molecule has 21 heavy (non-hydrogen) atoms. The Morgan fingerprint density at radius 2 is 2.00 bits per heavy atom. The molecule has 3 rings (SSSR count). The van der Waals surface area contributed by atoms with Crippen LogP contribution in [0.2, 0.25) is 0 Å². The van der Waals surface area contributed by atoms with E-state index < -0.39 is 0 Å². The molecule has 2 N–H and O–H groups in total. The zero-order chi connectivity index (χ0) is 15.0. The van der Waals surface area contributed by atoms with Crippen LogP contribution < -0.4 is 5.73 Å². The predicted molar refractivity (Wildman–Crippen MR) is 86.4 cm³/mol. The van der Waals surface area contributed by atoms with E-state index in [1.807, 2.05) is 24.4 Å². The van der Waals surface area contributed by atoms with Crippen molar-refractivity contribution in [2.75, 3.05) is 0 Å². The molecule has 0 fully saturated rings. The van der Waals surface area contributed by atoms with Gasteiger partial charge in [-0.25, -0.2) is 0 Å². The van der Waals surface area contributed by atoms with Crippen molar-refractivity contribution in [3.63, 3.8) is 0 Å². The molecule has 0 radical (unpaired) electrons. The van der Waals surface area contributed by atoms with Crippen molar-refractivity contribution in [1.82, 2.24) is 14.6 Å². The van der Waals surface area contributed by atoms with Gasteiger partial charge in [0.2, 0.25) is 0 Å². The second-order valence-electron chi connectivity index (χ2n) is 6.16. The van der Waals surface area contributed by atoms with Crippen LogP contribution in [0.15, 0.2) is 36.7 Å². The van der Waals surface area contributed by atoms with Gasteiger partial charge < -0.3 is 5.73 Å². The van der Waals surface area contributed by atoms with Gasteiger partial charge in [-0.05, 0) is 28.5 Å². The SMILES string of the molecule is CC(C)(C)c1nnsc1C(N)c1cccc2cnccc12. The van der Waals surface area contributed by atoms with Crippen molar-refractivity contribution in [2.45, 2.75) is 32.2 Å². The number of aromatic nitrogens is 3. The molecule has 4 nitrogen and oxygen atoms in total. The number of benzene rings is 1. The molecule has 3 aromatic rings. The normalized spacial score (nSPS) is 13.5. The van der Waals surface area contributed by atoms with Crippen LogP contribution in [0.1, 0.15) is 42.9 Å². The minimum absolute atomic E-state index is 0.0634. The number of hydrogen-bond acceptors (Lipinski definition) is 5. The third-order valence-corrected chi connectivity index (χ3v) is 4.36. The Morgan fingerprint density at radius 3 is 2.76 bits per heavy atom. The third-order valence-electron chi connectivity index (χ3n) is 3.56. The van der Waals surface area contributed by atoms with Crippen molar-refractivity contribution in [1.29, 1.82) is 0 Å². The lowest BCUT2D eigenvalue weighted by Crippen LogP contribution is -2.19. The zero-order valence-corrected chi connectivity index (χ0v) is 13.2. The number of fused-ring (bicyclic) bond motifs is 1. The number of rotatable bonds is 2. The van der Waals surface area contributed by atoms with Gasteiger partial charge in [-0.2, -0.15) is 0 Å². The van der Waals surface area contributed by atoms with Crippen molar-refractivity contribution >= 4 is 22.3 Å². The van der Waals surface area contributed by atoms with E-state index in [0.717, 1.165) is 26.9 Å². The van der Waals surface area contributed by atoms with Crippen molar-refractivity contribution < 1.29 is 0 Å². The largest absolute Gasteiger partial charge is 0.319 e. The molecule has 1 aromatic carbocycles. The van der Waals surface area contributed by atoms with E-state index in [1.165, 1.54) is 11.5 Å². The van der Waals surface area contributed by atoms with Crippen LogP contribution in [0, 0.1) is 0 Å². The Hall–Kier alpha value is -1.85. The molecule has 0 aliphatic carbocycles. The van der Waals surface area contributed by atoms with Gasteiger partial charge in [0.25, 0.3) is 0 Å². The van der Waals surface area contributed by atoms with Crippen LogP contribution in [0.3, 0.4) is 0 Å². The van der Waals surface area contributed by atoms with Crippen LogP contribution >= 0.6 is 11.5 Å². The fourth-order valence-corrected chi connectivity index (χ4v) is 3.37. The predicted octanol–water partition coefficient (Wildman–Crippen LogP) is 3.43. The van der Waals surface area contributed by atoms with Gasteiger partial charge in [-0.1, -0.05) is 43.5 Å². The first kappa shape index (κ1) is 14.1. The van der Waals surface area contributed by atoms with Crippen molar-refractivity contribution in [3.8, 4) is 0 Å². The highest BCUT2D eigenvalue weighted by Crippen LogP contribution is 2.34. The van der Waals surface area contributed by atoms with Crippen LogP contribution in [0.25, 0.3) is 10.8 Å². The molecule has 0 aliphatic rings. The molecule has 0 aliphatic heterocycles. The van der Waals surface area contributed by atoms with E-state index >= 15 is 0 Å². The van der Waals surface area contributed by atoms with E-state index in [9.17, 15) is 0 Å². The van der Waals surface area contributed by atoms with Gasteiger partial charge in [0.05, 0.1) is 16.6 Å². The fourth-order valence-electron chi connectivity index (χ4n) is 2.48. The second-order valence-corrected chi connectivity index (χ2v) is 6.94. The Kier molecular flexibility index (Phi) is 3.47. The second kappa shape index (κ2) is 5.16. The van der Waals surface area contributed by atoms with Gasteiger partial charge >= 0.3 is 0 Å². The van der Waals surface area contributed by atoms with E-state index in [2.05, 4.69) is 41.4 Å². The molecule has 1 unspecified atom stereocenters. The number of nitrogens with two attached hydrogens (primary N) is 1. The maximum atomic E-state index is 6.53. The molecule has 0 saturated carbocycles. The summed E-state index contributed by atoms with van der Waals surface area (Å²) in [5, 5.41) is 6.52.